The maximum atomic E-state index is 9.14. The fraction of sp³-hybridized carbons (Fsp3) is 0.0625. The predicted molar refractivity (Wildman–Crippen MR) is 88.2 cm³/mol. The molecule has 24 heavy (non-hydrogen) atoms. The van der Waals surface area contributed by atoms with E-state index in [0.717, 1.165) is 5.56 Å². The zero-order valence-corrected chi connectivity index (χ0v) is 12.5. The van der Waals surface area contributed by atoms with E-state index >= 15 is 0 Å². The predicted octanol–water partition coefficient (Wildman–Crippen LogP) is 2.69. The molecule has 0 spiro atoms. The van der Waals surface area contributed by atoms with E-state index in [-0.39, 0.29) is 0 Å². The van der Waals surface area contributed by atoms with Crippen molar-refractivity contribution >= 4 is 23.8 Å². The molecule has 3 rings (SSSR count). The molecular weight excluding hydrogens is 306 g/mol. The number of hydrogen-bond acceptors (Lipinski definition) is 8. The maximum Gasteiger partial charge on any atom is 0.230 e. The molecule has 3 N–H and O–H groups in total. The minimum atomic E-state index is 0.325. The molecule has 0 saturated heterocycles. The average molecular weight is 319 g/mol. The zero-order valence-electron chi connectivity index (χ0n) is 12.5. The minimum absolute atomic E-state index is 0.325. The number of rotatable bonds is 6. The number of nitrogens with zero attached hydrogens (tertiary/aromatic N) is 4. The molecule has 2 aromatic heterocycles. The third-order valence-corrected chi connectivity index (χ3v) is 3.23. The summed E-state index contributed by atoms with van der Waals surface area (Å²) in [4.78, 5) is 8.47. The van der Waals surface area contributed by atoms with Crippen molar-refractivity contribution in [1.29, 1.82) is 10.7 Å². The number of nitriles is 1. The molecular formula is C16H13N7O. The van der Waals surface area contributed by atoms with Gasteiger partial charge in [-0.15, -0.1) is 0 Å². The first kappa shape index (κ1) is 15.2. The number of hydrogen-bond donors (Lipinski definition) is 3. The molecule has 0 saturated carbocycles. The number of benzene rings is 1. The van der Waals surface area contributed by atoms with Crippen molar-refractivity contribution in [3.8, 4) is 6.07 Å². The summed E-state index contributed by atoms with van der Waals surface area (Å²) in [5.41, 5.74) is 1.98. The molecule has 1 aromatic carbocycles. The van der Waals surface area contributed by atoms with E-state index < -0.39 is 0 Å². The van der Waals surface area contributed by atoms with Gasteiger partial charge in [0.1, 0.15) is 12.1 Å². The lowest BCUT2D eigenvalue weighted by atomic mass is 10.1. The van der Waals surface area contributed by atoms with Gasteiger partial charge in [-0.2, -0.15) is 10.2 Å². The van der Waals surface area contributed by atoms with Crippen LogP contribution in [0.15, 0.2) is 47.3 Å². The zero-order chi connectivity index (χ0) is 16.8. The van der Waals surface area contributed by atoms with Crippen LogP contribution in [0.4, 0.5) is 17.6 Å². The molecule has 8 nitrogen and oxygen atoms in total. The van der Waals surface area contributed by atoms with Crippen molar-refractivity contribution in [2.75, 3.05) is 10.6 Å². The molecule has 0 amide bonds. The molecule has 118 valence electrons. The van der Waals surface area contributed by atoms with Crippen molar-refractivity contribution in [1.82, 2.24) is 15.1 Å². The van der Waals surface area contributed by atoms with E-state index in [4.69, 9.17) is 15.2 Å². The third kappa shape index (κ3) is 3.36. The van der Waals surface area contributed by atoms with Gasteiger partial charge in [-0.3, -0.25) is 0 Å². The molecule has 0 fully saturated rings. The molecule has 0 radical (unpaired) electrons. The normalized spacial score (nSPS) is 9.96. The minimum Gasteiger partial charge on any atom is -0.365 e. The van der Waals surface area contributed by atoms with E-state index in [1.54, 1.807) is 12.1 Å². The van der Waals surface area contributed by atoms with Crippen molar-refractivity contribution < 1.29 is 4.52 Å². The highest BCUT2D eigenvalue weighted by Gasteiger charge is 2.08. The van der Waals surface area contributed by atoms with Crippen molar-refractivity contribution in [2.24, 2.45) is 0 Å². The first-order chi connectivity index (χ1) is 11.8. The van der Waals surface area contributed by atoms with E-state index in [1.165, 1.54) is 18.7 Å². The molecule has 0 atom stereocenters. The first-order valence-electron chi connectivity index (χ1n) is 7.07. The van der Waals surface area contributed by atoms with Gasteiger partial charge in [0.05, 0.1) is 17.2 Å². The maximum absolute atomic E-state index is 9.14. The van der Waals surface area contributed by atoms with Gasteiger partial charge in [0.2, 0.25) is 5.95 Å². The fourth-order valence-electron chi connectivity index (χ4n) is 2.05. The monoisotopic (exact) mass is 319 g/mol. The van der Waals surface area contributed by atoms with Crippen LogP contribution in [-0.2, 0) is 6.54 Å². The Kier molecular flexibility index (Phi) is 4.44. The molecule has 0 bridgehead atoms. The van der Waals surface area contributed by atoms with Crippen LogP contribution >= 0.6 is 0 Å². The van der Waals surface area contributed by atoms with Crippen LogP contribution in [0.2, 0.25) is 0 Å². The smallest absolute Gasteiger partial charge is 0.230 e. The third-order valence-electron chi connectivity index (χ3n) is 3.23. The molecule has 0 aliphatic heterocycles. The second-order valence-corrected chi connectivity index (χ2v) is 4.77. The van der Waals surface area contributed by atoms with Crippen LogP contribution in [0.3, 0.4) is 0 Å². The lowest BCUT2D eigenvalue weighted by molar-refractivity contribution is 0.423. The van der Waals surface area contributed by atoms with E-state index in [1.807, 2.05) is 18.2 Å². The molecule has 3 aromatic rings. The van der Waals surface area contributed by atoms with E-state index in [2.05, 4.69) is 31.8 Å². The van der Waals surface area contributed by atoms with Gasteiger partial charge in [-0.05, 0) is 11.6 Å². The average Bonchev–Trinajstić information content (AvgIpc) is 3.13. The Morgan fingerprint density at radius 3 is 2.92 bits per heavy atom. The summed E-state index contributed by atoms with van der Waals surface area (Å²) in [5.74, 6) is 1.29. The molecule has 0 aliphatic carbocycles. The lowest BCUT2D eigenvalue weighted by Gasteiger charge is -2.10. The van der Waals surface area contributed by atoms with Crippen LogP contribution in [0.25, 0.3) is 0 Å². The summed E-state index contributed by atoms with van der Waals surface area (Å²) in [6.07, 6.45) is 4.13. The van der Waals surface area contributed by atoms with Gasteiger partial charge in [0.25, 0.3) is 0 Å². The Labute approximate surface area is 137 Å². The lowest BCUT2D eigenvalue weighted by Crippen LogP contribution is -2.08. The molecule has 0 unspecified atom stereocenters. The standard InChI is InChI=1S/C16H13N7O/c17-7-11-3-1-2-4-12(11)9-19-15-13(8-18)10-20-16(22-15)21-14-5-6-24-23-14/h1-6,8,10,18H,9H2,(H2,19,20,21,22,23). The summed E-state index contributed by atoms with van der Waals surface area (Å²) in [6, 6.07) is 11.1. The summed E-state index contributed by atoms with van der Waals surface area (Å²) < 4.78 is 4.74. The number of anilines is 3. The Balaban J connectivity index is 1.81. The Bertz CT molecular complexity index is 884. The largest absolute Gasteiger partial charge is 0.365 e. The topological polar surface area (TPSA) is 124 Å². The summed E-state index contributed by atoms with van der Waals surface area (Å²) in [6.45, 7) is 0.408. The highest BCUT2D eigenvalue weighted by Crippen LogP contribution is 2.17. The second-order valence-electron chi connectivity index (χ2n) is 4.77. The van der Waals surface area contributed by atoms with Crippen LogP contribution in [0.5, 0.6) is 0 Å². The van der Waals surface area contributed by atoms with Gasteiger partial charge in [0.15, 0.2) is 5.82 Å². The molecule has 2 heterocycles. The van der Waals surface area contributed by atoms with Crippen molar-refractivity contribution in [3.63, 3.8) is 0 Å². The van der Waals surface area contributed by atoms with E-state index in [9.17, 15) is 0 Å². The molecule has 8 heteroatoms. The fourth-order valence-corrected chi connectivity index (χ4v) is 2.05. The Hall–Kier alpha value is -3.73. The van der Waals surface area contributed by atoms with Crippen LogP contribution in [-0.4, -0.2) is 21.3 Å². The Morgan fingerprint density at radius 1 is 1.29 bits per heavy atom. The number of aromatic nitrogens is 3. The Morgan fingerprint density at radius 2 is 2.17 bits per heavy atom. The number of nitrogens with one attached hydrogen (secondary N) is 3. The van der Waals surface area contributed by atoms with Crippen LogP contribution in [0, 0.1) is 16.7 Å². The van der Waals surface area contributed by atoms with Gasteiger partial charge in [-0.25, -0.2) is 4.98 Å². The van der Waals surface area contributed by atoms with Gasteiger partial charge >= 0.3 is 0 Å². The highest BCUT2D eigenvalue weighted by atomic mass is 16.5. The van der Waals surface area contributed by atoms with Gasteiger partial charge in [0, 0.05) is 25.0 Å². The van der Waals surface area contributed by atoms with Gasteiger partial charge in [-0.1, -0.05) is 23.4 Å². The van der Waals surface area contributed by atoms with Crippen LogP contribution in [0.1, 0.15) is 16.7 Å². The quantitative estimate of drug-likeness (QED) is 0.597. The highest BCUT2D eigenvalue weighted by molar-refractivity contribution is 5.84. The summed E-state index contributed by atoms with van der Waals surface area (Å²) >= 11 is 0. The van der Waals surface area contributed by atoms with Gasteiger partial charge < -0.3 is 20.6 Å². The van der Waals surface area contributed by atoms with Crippen molar-refractivity contribution in [2.45, 2.75) is 6.54 Å². The van der Waals surface area contributed by atoms with Crippen LogP contribution < -0.4 is 10.6 Å². The second kappa shape index (κ2) is 7.02. The van der Waals surface area contributed by atoms with E-state index in [0.29, 0.717) is 35.3 Å². The first-order valence-corrected chi connectivity index (χ1v) is 7.07. The SMILES string of the molecule is N#Cc1ccccc1CNc1nc(Nc2ccon2)ncc1C=N. The summed E-state index contributed by atoms with van der Waals surface area (Å²) in [7, 11) is 0. The van der Waals surface area contributed by atoms with Crippen molar-refractivity contribution in [3.05, 3.63) is 59.5 Å². The summed E-state index contributed by atoms with van der Waals surface area (Å²) in [5, 5.41) is 26.4. The molecule has 0 aliphatic rings.